The maximum atomic E-state index is 12.2. The molecule has 3 rings (SSSR count). The number of carbonyl (C=O) groups excluding carboxylic acids is 1. The molecule has 0 saturated carbocycles. The lowest BCUT2D eigenvalue weighted by molar-refractivity contribution is 0.0929. The highest BCUT2D eigenvalue weighted by molar-refractivity contribution is 14.1. The van der Waals surface area contributed by atoms with Gasteiger partial charge in [-0.2, -0.15) is 5.10 Å². The summed E-state index contributed by atoms with van der Waals surface area (Å²) in [7, 11) is 1.62. The zero-order chi connectivity index (χ0) is 18.5. The van der Waals surface area contributed by atoms with Crippen LogP contribution in [0.4, 0.5) is 0 Å². The number of halogens is 1. The van der Waals surface area contributed by atoms with Crippen molar-refractivity contribution in [2.75, 3.05) is 13.7 Å². The van der Waals surface area contributed by atoms with E-state index in [0.717, 1.165) is 26.0 Å². The average Bonchev–Trinajstić information content (AvgIpc) is 3.05. The molecule has 1 N–H and O–H groups in total. The van der Waals surface area contributed by atoms with E-state index in [1.54, 1.807) is 31.5 Å². The van der Waals surface area contributed by atoms with Crippen LogP contribution in [-0.2, 0) is 0 Å². The number of rotatable bonds is 6. The fourth-order valence-electron chi connectivity index (χ4n) is 2.37. The zero-order valence-corrected chi connectivity index (χ0v) is 16.4. The van der Waals surface area contributed by atoms with Crippen molar-refractivity contribution in [1.82, 2.24) is 5.43 Å². The molecule has 0 aliphatic rings. The van der Waals surface area contributed by atoms with Crippen molar-refractivity contribution in [2.45, 2.75) is 6.92 Å². The maximum Gasteiger partial charge on any atom is 0.307 e. The summed E-state index contributed by atoms with van der Waals surface area (Å²) in [5.74, 6) is 1.30. The lowest BCUT2D eigenvalue weighted by atomic mass is 10.2. The highest BCUT2D eigenvalue weighted by Gasteiger charge is 2.12. The van der Waals surface area contributed by atoms with Crippen LogP contribution in [0.3, 0.4) is 0 Å². The average molecular weight is 464 g/mol. The second-order valence-electron chi connectivity index (χ2n) is 5.34. The monoisotopic (exact) mass is 464 g/mol. The largest absolute Gasteiger partial charge is 0.496 e. The van der Waals surface area contributed by atoms with Gasteiger partial charge in [-0.05, 0) is 77.5 Å². The third-order valence-electron chi connectivity index (χ3n) is 3.58. The summed E-state index contributed by atoms with van der Waals surface area (Å²) in [4.78, 5) is 12.2. The number of nitrogens with zero attached hydrogens (tertiary/aromatic N) is 1. The molecule has 1 aromatic heterocycles. The van der Waals surface area contributed by atoms with Gasteiger partial charge < -0.3 is 13.9 Å². The first-order chi connectivity index (χ1) is 12.6. The first kappa shape index (κ1) is 18.2. The highest BCUT2D eigenvalue weighted by atomic mass is 127. The predicted octanol–water partition coefficient (Wildman–Crippen LogP) is 4.21. The van der Waals surface area contributed by atoms with Gasteiger partial charge in [0.2, 0.25) is 0 Å². The predicted molar refractivity (Wildman–Crippen MR) is 108 cm³/mol. The molecule has 26 heavy (non-hydrogen) atoms. The molecule has 134 valence electrons. The SMILES string of the molecule is CCOc1ccc2oc(C(=O)N/N=C/c3ccc(OC)c(I)c3)cc2c1. The van der Waals surface area contributed by atoms with Crippen LogP contribution in [0.15, 0.2) is 52.0 Å². The lowest BCUT2D eigenvalue weighted by Crippen LogP contribution is -2.16. The van der Waals surface area contributed by atoms with Crippen LogP contribution in [-0.4, -0.2) is 25.8 Å². The molecular formula is C19H17IN2O4. The summed E-state index contributed by atoms with van der Waals surface area (Å²) in [5.41, 5.74) is 3.93. The van der Waals surface area contributed by atoms with Crippen molar-refractivity contribution in [3.05, 3.63) is 57.4 Å². The summed E-state index contributed by atoms with van der Waals surface area (Å²) < 4.78 is 17.2. The molecule has 0 aliphatic heterocycles. The number of carbonyl (C=O) groups is 1. The van der Waals surface area contributed by atoms with E-state index >= 15 is 0 Å². The van der Waals surface area contributed by atoms with Crippen molar-refractivity contribution < 1.29 is 18.7 Å². The third-order valence-corrected chi connectivity index (χ3v) is 4.42. The molecule has 3 aromatic rings. The van der Waals surface area contributed by atoms with Crippen molar-refractivity contribution in [3.63, 3.8) is 0 Å². The molecule has 0 saturated heterocycles. The second kappa shape index (κ2) is 8.22. The fraction of sp³-hybridized carbons (Fsp3) is 0.158. The van der Waals surface area contributed by atoms with Gasteiger partial charge in [0.05, 0.1) is 23.5 Å². The smallest absolute Gasteiger partial charge is 0.307 e. The molecule has 0 radical (unpaired) electrons. The molecule has 0 unspecified atom stereocenters. The molecule has 1 heterocycles. The number of methoxy groups -OCH3 is 1. The van der Waals surface area contributed by atoms with E-state index in [4.69, 9.17) is 13.9 Å². The van der Waals surface area contributed by atoms with Crippen molar-refractivity contribution in [1.29, 1.82) is 0 Å². The summed E-state index contributed by atoms with van der Waals surface area (Å²) in [6.45, 7) is 2.50. The molecule has 0 fully saturated rings. The second-order valence-corrected chi connectivity index (χ2v) is 6.50. The molecule has 2 aromatic carbocycles. The Balaban J connectivity index is 1.69. The van der Waals surface area contributed by atoms with Gasteiger partial charge in [-0.1, -0.05) is 0 Å². The van der Waals surface area contributed by atoms with Crippen LogP contribution in [0, 0.1) is 3.57 Å². The van der Waals surface area contributed by atoms with Crippen LogP contribution >= 0.6 is 22.6 Å². The van der Waals surface area contributed by atoms with E-state index in [1.165, 1.54) is 0 Å². The van der Waals surface area contributed by atoms with Crippen LogP contribution in [0.25, 0.3) is 11.0 Å². The van der Waals surface area contributed by atoms with Crippen LogP contribution < -0.4 is 14.9 Å². The van der Waals surface area contributed by atoms with E-state index < -0.39 is 5.91 Å². The van der Waals surface area contributed by atoms with Crippen molar-refractivity contribution in [3.8, 4) is 11.5 Å². The minimum Gasteiger partial charge on any atom is -0.496 e. The number of furan rings is 1. The standard InChI is InChI=1S/C19H17IN2O4/c1-3-25-14-5-7-16-13(9-14)10-18(26-16)19(23)22-21-11-12-4-6-17(24-2)15(20)8-12/h4-11H,3H2,1-2H3,(H,22,23)/b21-11+. The first-order valence-corrected chi connectivity index (χ1v) is 9.02. The van der Waals surface area contributed by atoms with E-state index in [9.17, 15) is 4.79 Å². The number of hydrogen-bond acceptors (Lipinski definition) is 5. The Morgan fingerprint density at radius 1 is 1.27 bits per heavy atom. The lowest BCUT2D eigenvalue weighted by Gasteiger charge is -2.03. The zero-order valence-electron chi connectivity index (χ0n) is 14.3. The molecule has 0 atom stereocenters. The first-order valence-electron chi connectivity index (χ1n) is 7.94. The summed E-state index contributed by atoms with van der Waals surface area (Å²) in [6, 6.07) is 12.7. The summed E-state index contributed by atoms with van der Waals surface area (Å²) in [5, 5.41) is 4.78. The molecule has 7 heteroatoms. The van der Waals surface area contributed by atoms with Crippen LogP contribution in [0.2, 0.25) is 0 Å². The molecule has 0 bridgehead atoms. The van der Waals surface area contributed by atoms with E-state index in [0.29, 0.717) is 12.2 Å². The Kier molecular flexibility index (Phi) is 5.77. The van der Waals surface area contributed by atoms with Gasteiger partial charge in [-0.25, -0.2) is 5.43 Å². The van der Waals surface area contributed by atoms with Gasteiger partial charge in [0.25, 0.3) is 0 Å². The van der Waals surface area contributed by atoms with Gasteiger partial charge in [0.1, 0.15) is 17.1 Å². The van der Waals surface area contributed by atoms with E-state index in [-0.39, 0.29) is 5.76 Å². The Labute approximate surface area is 164 Å². The third kappa shape index (κ3) is 4.16. The van der Waals surface area contributed by atoms with Gasteiger partial charge in [-0.15, -0.1) is 0 Å². The normalized spacial score (nSPS) is 11.0. The van der Waals surface area contributed by atoms with E-state index in [2.05, 4.69) is 33.1 Å². The van der Waals surface area contributed by atoms with Crippen LogP contribution in [0.5, 0.6) is 11.5 Å². The van der Waals surface area contributed by atoms with Crippen LogP contribution in [0.1, 0.15) is 23.0 Å². The number of benzene rings is 2. The molecule has 0 spiro atoms. The quantitative estimate of drug-likeness (QED) is 0.337. The summed E-state index contributed by atoms with van der Waals surface area (Å²) >= 11 is 2.18. The van der Waals surface area contributed by atoms with Gasteiger partial charge in [0.15, 0.2) is 5.76 Å². The Bertz CT molecular complexity index is 965. The number of hydrazone groups is 1. The van der Waals surface area contributed by atoms with Gasteiger partial charge in [-0.3, -0.25) is 4.79 Å². The Morgan fingerprint density at radius 3 is 2.85 bits per heavy atom. The summed E-state index contributed by atoms with van der Waals surface area (Å²) in [6.07, 6.45) is 1.56. The molecular weight excluding hydrogens is 447 g/mol. The molecule has 0 aliphatic carbocycles. The number of nitrogens with one attached hydrogen (secondary N) is 1. The minimum atomic E-state index is -0.418. The Hall–Kier alpha value is -2.55. The minimum absolute atomic E-state index is 0.190. The Morgan fingerprint density at radius 2 is 2.12 bits per heavy atom. The maximum absolute atomic E-state index is 12.2. The number of fused-ring (bicyclic) bond motifs is 1. The van der Waals surface area contributed by atoms with Gasteiger partial charge in [0, 0.05) is 5.39 Å². The molecule has 6 nitrogen and oxygen atoms in total. The number of hydrogen-bond donors (Lipinski definition) is 1. The topological polar surface area (TPSA) is 73.1 Å². The van der Waals surface area contributed by atoms with Crippen molar-refractivity contribution >= 4 is 45.7 Å². The molecule has 1 amide bonds. The van der Waals surface area contributed by atoms with Crippen molar-refractivity contribution in [2.24, 2.45) is 5.10 Å². The van der Waals surface area contributed by atoms with Gasteiger partial charge >= 0.3 is 5.91 Å². The van der Waals surface area contributed by atoms with E-state index in [1.807, 2.05) is 31.2 Å². The number of ether oxygens (including phenoxy) is 2. The number of amides is 1. The highest BCUT2D eigenvalue weighted by Crippen LogP contribution is 2.24. The fourth-order valence-corrected chi connectivity index (χ4v) is 3.13.